The number of halogens is 3. The summed E-state index contributed by atoms with van der Waals surface area (Å²) in [5, 5.41) is 6.27. The van der Waals surface area contributed by atoms with Crippen LogP contribution in [0.5, 0.6) is 17.2 Å². The molecule has 0 unspecified atom stereocenters. The fourth-order valence-corrected chi connectivity index (χ4v) is 3.31. The predicted molar refractivity (Wildman–Crippen MR) is 108 cm³/mol. The second-order valence-electron chi connectivity index (χ2n) is 6.87. The number of hydrogen-bond donors (Lipinski definition) is 1. The predicted octanol–water partition coefficient (Wildman–Crippen LogP) is 3.36. The number of benzene rings is 1. The maximum absolute atomic E-state index is 12.9. The van der Waals surface area contributed by atoms with E-state index in [0.717, 1.165) is 4.52 Å². The molecule has 0 radical (unpaired) electrons. The molecule has 0 aliphatic heterocycles. The van der Waals surface area contributed by atoms with E-state index >= 15 is 0 Å². The molecule has 0 atom stereocenters. The summed E-state index contributed by atoms with van der Waals surface area (Å²) in [7, 11) is 4.40. The largest absolute Gasteiger partial charge is 0.493 e. The first-order chi connectivity index (χ1) is 15.1. The van der Waals surface area contributed by atoms with Crippen LogP contribution in [0.3, 0.4) is 0 Å². The Labute approximate surface area is 181 Å². The number of methoxy groups -OCH3 is 3. The van der Waals surface area contributed by atoms with Crippen LogP contribution in [0, 0.1) is 13.8 Å². The van der Waals surface area contributed by atoms with Crippen LogP contribution in [-0.2, 0) is 17.4 Å². The van der Waals surface area contributed by atoms with E-state index in [-0.39, 0.29) is 24.5 Å². The van der Waals surface area contributed by atoms with Gasteiger partial charge in [0.25, 0.3) is 11.6 Å². The van der Waals surface area contributed by atoms with Crippen molar-refractivity contribution in [2.45, 2.75) is 32.9 Å². The molecule has 0 aliphatic rings. The van der Waals surface area contributed by atoms with Crippen molar-refractivity contribution >= 4 is 17.4 Å². The number of carbonyl (C=O) groups is 1. The molecule has 9 nitrogen and oxygen atoms in total. The monoisotopic (exact) mass is 453 g/mol. The molecule has 3 aromatic rings. The minimum atomic E-state index is -4.67. The minimum absolute atomic E-state index is 0.0619. The standard InChI is InChI=1S/C20H22F3N5O4/c1-10-13(11(2)28-19(24-10)26-18(27-28)20(21,22)23)6-7-16(29)25-12-8-14(30-3)17(32-5)15(9-12)31-4/h8-9H,6-7H2,1-5H3,(H,25,29). The molecule has 12 heteroatoms. The van der Waals surface area contributed by atoms with E-state index in [9.17, 15) is 18.0 Å². The van der Waals surface area contributed by atoms with Gasteiger partial charge in [0.1, 0.15) is 0 Å². The first-order valence-corrected chi connectivity index (χ1v) is 9.49. The van der Waals surface area contributed by atoms with E-state index in [0.29, 0.717) is 39.9 Å². The maximum atomic E-state index is 12.9. The van der Waals surface area contributed by atoms with Gasteiger partial charge in [-0.2, -0.15) is 18.2 Å². The Morgan fingerprint density at radius 1 is 1.06 bits per heavy atom. The van der Waals surface area contributed by atoms with Crippen molar-refractivity contribution in [3.63, 3.8) is 0 Å². The van der Waals surface area contributed by atoms with E-state index in [1.165, 1.54) is 21.3 Å². The summed E-state index contributed by atoms with van der Waals surface area (Å²) in [6, 6.07) is 3.19. The number of amides is 1. The van der Waals surface area contributed by atoms with Crippen molar-refractivity contribution in [1.82, 2.24) is 19.6 Å². The molecule has 172 valence electrons. The van der Waals surface area contributed by atoms with Gasteiger partial charge in [-0.25, -0.2) is 9.50 Å². The zero-order valence-electron chi connectivity index (χ0n) is 18.1. The maximum Gasteiger partial charge on any atom is 0.453 e. The van der Waals surface area contributed by atoms with Crippen LogP contribution in [-0.4, -0.2) is 46.8 Å². The van der Waals surface area contributed by atoms with Gasteiger partial charge in [0, 0.05) is 35.6 Å². The van der Waals surface area contributed by atoms with Crippen molar-refractivity contribution in [3.05, 3.63) is 34.9 Å². The number of nitrogens with zero attached hydrogens (tertiary/aromatic N) is 4. The molecule has 32 heavy (non-hydrogen) atoms. The van der Waals surface area contributed by atoms with Gasteiger partial charge in [-0.15, -0.1) is 5.10 Å². The Hall–Kier alpha value is -3.57. The highest BCUT2D eigenvalue weighted by molar-refractivity contribution is 5.91. The number of rotatable bonds is 7. The zero-order chi connectivity index (χ0) is 23.6. The van der Waals surface area contributed by atoms with Crippen LogP contribution in [0.1, 0.15) is 29.2 Å². The average Bonchev–Trinajstić information content (AvgIpc) is 3.17. The molecular formula is C20H22F3N5O4. The van der Waals surface area contributed by atoms with Gasteiger partial charge in [-0.1, -0.05) is 0 Å². The Morgan fingerprint density at radius 2 is 1.69 bits per heavy atom. The molecule has 0 spiro atoms. The lowest BCUT2D eigenvalue weighted by atomic mass is 10.1. The normalized spacial score (nSPS) is 11.5. The summed E-state index contributed by atoms with van der Waals surface area (Å²) >= 11 is 0. The van der Waals surface area contributed by atoms with Crippen molar-refractivity contribution in [2.75, 3.05) is 26.6 Å². The van der Waals surface area contributed by atoms with Crippen molar-refractivity contribution < 1.29 is 32.2 Å². The number of anilines is 1. The lowest BCUT2D eigenvalue weighted by Crippen LogP contribution is -2.14. The highest BCUT2D eigenvalue weighted by Gasteiger charge is 2.37. The number of fused-ring (bicyclic) bond motifs is 1. The van der Waals surface area contributed by atoms with Gasteiger partial charge in [-0.05, 0) is 25.8 Å². The van der Waals surface area contributed by atoms with Gasteiger partial charge < -0.3 is 19.5 Å². The fraction of sp³-hybridized carbons (Fsp3) is 0.400. The zero-order valence-corrected chi connectivity index (χ0v) is 18.1. The van der Waals surface area contributed by atoms with Crippen LogP contribution in [0.15, 0.2) is 12.1 Å². The lowest BCUT2D eigenvalue weighted by molar-refractivity contribution is -0.144. The summed E-state index contributed by atoms with van der Waals surface area (Å²) in [6.45, 7) is 3.27. The molecule has 1 N–H and O–H groups in total. The topological polar surface area (TPSA) is 99.9 Å². The van der Waals surface area contributed by atoms with Crippen LogP contribution >= 0.6 is 0 Å². The van der Waals surface area contributed by atoms with E-state index < -0.39 is 12.0 Å². The Morgan fingerprint density at radius 3 is 2.22 bits per heavy atom. The quantitative estimate of drug-likeness (QED) is 0.586. The van der Waals surface area contributed by atoms with Gasteiger partial charge in [0.05, 0.1) is 21.3 Å². The lowest BCUT2D eigenvalue weighted by Gasteiger charge is -2.15. The van der Waals surface area contributed by atoms with Gasteiger partial charge >= 0.3 is 6.18 Å². The Kier molecular flexibility index (Phi) is 6.42. The summed E-state index contributed by atoms with van der Waals surface area (Å²) < 4.78 is 55.6. The molecule has 0 fully saturated rings. The minimum Gasteiger partial charge on any atom is -0.493 e. The number of ether oxygens (including phenoxy) is 3. The van der Waals surface area contributed by atoms with E-state index in [4.69, 9.17) is 14.2 Å². The van der Waals surface area contributed by atoms with Crippen LogP contribution in [0.25, 0.3) is 5.78 Å². The molecule has 1 amide bonds. The molecule has 0 aliphatic carbocycles. The van der Waals surface area contributed by atoms with Gasteiger partial charge in [-0.3, -0.25) is 4.79 Å². The van der Waals surface area contributed by atoms with E-state index in [2.05, 4.69) is 20.4 Å². The first-order valence-electron chi connectivity index (χ1n) is 9.49. The number of hydrogen-bond acceptors (Lipinski definition) is 7. The van der Waals surface area contributed by atoms with E-state index in [1.54, 1.807) is 26.0 Å². The fourth-order valence-electron chi connectivity index (χ4n) is 3.31. The molecule has 1 aromatic carbocycles. The van der Waals surface area contributed by atoms with Crippen molar-refractivity contribution in [3.8, 4) is 17.2 Å². The van der Waals surface area contributed by atoms with Crippen LogP contribution in [0.4, 0.5) is 18.9 Å². The van der Waals surface area contributed by atoms with Gasteiger partial charge in [0.2, 0.25) is 11.7 Å². The third kappa shape index (κ3) is 4.53. The summed E-state index contributed by atoms with van der Waals surface area (Å²) in [5.41, 5.74) is 1.99. The van der Waals surface area contributed by atoms with Crippen LogP contribution in [0.2, 0.25) is 0 Å². The molecule has 0 saturated heterocycles. The van der Waals surface area contributed by atoms with Crippen molar-refractivity contribution in [2.24, 2.45) is 0 Å². The van der Waals surface area contributed by atoms with Gasteiger partial charge in [0.15, 0.2) is 11.5 Å². The number of alkyl halides is 3. The SMILES string of the molecule is COc1cc(NC(=O)CCc2c(C)nc3nc(C(F)(F)F)nn3c2C)cc(OC)c1OC. The summed E-state index contributed by atoms with van der Waals surface area (Å²) in [6.07, 6.45) is -4.36. The Bertz CT molecular complexity index is 1140. The number of nitrogens with one attached hydrogen (secondary N) is 1. The molecule has 3 rings (SSSR count). The Balaban J connectivity index is 1.79. The third-order valence-corrected chi connectivity index (χ3v) is 4.85. The number of aryl methyl sites for hydroxylation is 2. The molecule has 2 aromatic heterocycles. The highest BCUT2D eigenvalue weighted by atomic mass is 19.4. The second kappa shape index (κ2) is 8.89. The summed E-state index contributed by atoms with van der Waals surface area (Å²) in [4.78, 5) is 20.1. The van der Waals surface area contributed by atoms with Crippen LogP contribution < -0.4 is 19.5 Å². The smallest absolute Gasteiger partial charge is 0.453 e. The average molecular weight is 453 g/mol. The van der Waals surface area contributed by atoms with E-state index in [1.807, 2.05) is 0 Å². The molecule has 2 heterocycles. The molecule has 0 saturated carbocycles. The molecular weight excluding hydrogens is 431 g/mol. The highest BCUT2D eigenvalue weighted by Crippen LogP contribution is 2.40. The summed E-state index contributed by atoms with van der Waals surface area (Å²) in [5.74, 6) is -0.551. The number of aromatic nitrogens is 4. The first kappa shape index (κ1) is 23.1. The number of carbonyl (C=O) groups excluding carboxylic acids is 1. The van der Waals surface area contributed by atoms with Crippen molar-refractivity contribution in [1.29, 1.82) is 0 Å². The molecule has 0 bridgehead atoms. The second-order valence-corrected chi connectivity index (χ2v) is 6.87. The third-order valence-electron chi connectivity index (χ3n) is 4.85.